The van der Waals surface area contributed by atoms with Gasteiger partial charge in [0.15, 0.2) is 6.17 Å². The summed E-state index contributed by atoms with van der Waals surface area (Å²) in [4.78, 5) is 61.1. The lowest BCUT2D eigenvalue weighted by Crippen LogP contribution is -2.41. The van der Waals surface area contributed by atoms with Gasteiger partial charge in [0.2, 0.25) is 17.7 Å². The summed E-state index contributed by atoms with van der Waals surface area (Å²) in [5, 5.41) is 8.57. The minimum Gasteiger partial charge on any atom is -0.496 e. The molecule has 15 heteroatoms. The van der Waals surface area contributed by atoms with Crippen LogP contribution in [0.4, 0.5) is 4.39 Å². The number of primary amides is 1. The van der Waals surface area contributed by atoms with E-state index in [-0.39, 0.29) is 47.6 Å². The van der Waals surface area contributed by atoms with E-state index < -0.39 is 36.0 Å². The number of imide groups is 1. The van der Waals surface area contributed by atoms with Crippen LogP contribution in [-0.4, -0.2) is 101 Å². The van der Waals surface area contributed by atoms with Crippen LogP contribution in [0, 0.1) is 29.6 Å². The van der Waals surface area contributed by atoms with Crippen molar-refractivity contribution in [3.05, 3.63) is 71.5 Å². The molecule has 1 aliphatic carbocycles. The standard InChI is InChI=1S/C51H58FN7O7/c1-3-35-40(56-50(63)46(35)52)29-66-51-38-26-43(64-2)39(47(53)61)25-37(38)33(27-55-51)16-15-30-11-13-31(14-12-30)28-58-22-19-34(20-23-58)65-24-6-8-32-7-4-10-41-45(32)36-9-5-21-54-48(36)59(41)42-17-18-44(60)57-49(42)62/h4-5,7,9-10,21,25-27,30-31,34-35,40,42,46H,3,6,8,11-14,17-20,22-24,28-29H2,1-2H3,(H2,53,61)(H,56,63)(H,57,60,62)/t30-,31-,35-,40?,42?,46-/m0/s1. The molecule has 1 saturated carbocycles. The van der Waals surface area contributed by atoms with Crippen LogP contribution < -0.4 is 25.8 Å². The van der Waals surface area contributed by atoms with E-state index in [4.69, 9.17) is 19.9 Å². The van der Waals surface area contributed by atoms with Gasteiger partial charge in [-0.05, 0) is 106 Å². The fourth-order valence-corrected chi connectivity index (χ4v) is 10.7. The third kappa shape index (κ3) is 9.31. The van der Waals surface area contributed by atoms with Gasteiger partial charge in [-0.1, -0.05) is 30.9 Å². The first-order chi connectivity index (χ1) is 32.1. The van der Waals surface area contributed by atoms with E-state index in [0.717, 1.165) is 92.9 Å². The number of nitrogens with two attached hydrogens (primary N) is 1. The van der Waals surface area contributed by atoms with Gasteiger partial charge in [0.05, 0.1) is 35.9 Å². The molecule has 14 nitrogen and oxygen atoms in total. The number of methoxy groups -OCH3 is 1. The van der Waals surface area contributed by atoms with Crippen LogP contribution in [-0.2, 0) is 25.5 Å². The van der Waals surface area contributed by atoms with E-state index >= 15 is 0 Å². The van der Waals surface area contributed by atoms with Gasteiger partial charge in [-0.2, -0.15) is 0 Å². The average Bonchev–Trinajstić information content (AvgIpc) is 3.81. The van der Waals surface area contributed by atoms with Crippen LogP contribution >= 0.6 is 0 Å². The van der Waals surface area contributed by atoms with E-state index in [0.29, 0.717) is 48.1 Å². The van der Waals surface area contributed by atoms with Crippen molar-refractivity contribution in [1.29, 1.82) is 0 Å². The molecule has 2 aromatic carbocycles. The Morgan fingerprint density at radius 3 is 2.55 bits per heavy atom. The first-order valence-electron chi connectivity index (χ1n) is 23.5. The maximum atomic E-state index is 14.5. The second kappa shape index (κ2) is 19.8. The molecule has 6 heterocycles. The number of likely N-dealkylation sites (tertiary alicyclic amines) is 1. The first-order valence-corrected chi connectivity index (χ1v) is 23.5. The van der Waals surface area contributed by atoms with E-state index in [2.05, 4.69) is 49.5 Å². The van der Waals surface area contributed by atoms with Gasteiger partial charge in [-0.3, -0.25) is 24.5 Å². The zero-order chi connectivity index (χ0) is 45.9. The lowest BCUT2D eigenvalue weighted by Gasteiger charge is -2.36. The molecule has 0 radical (unpaired) electrons. The van der Waals surface area contributed by atoms with Gasteiger partial charge in [0, 0.05) is 78.4 Å². The number of rotatable bonds is 14. The van der Waals surface area contributed by atoms with Crippen LogP contribution in [0.3, 0.4) is 0 Å². The number of piperidine rings is 2. The lowest BCUT2D eigenvalue weighted by atomic mass is 9.81. The molecule has 9 rings (SSSR count). The number of alkyl halides is 1. The van der Waals surface area contributed by atoms with Gasteiger partial charge >= 0.3 is 0 Å². The number of pyridine rings is 2. The van der Waals surface area contributed by atoms with E-state index in [1.54, 1.807) is 24.5 Å². The van der Waals surface area contributed by atoms with Crippen LogP contribution in [0.5, 0.6) is 11.6 Å². The summed E-state index contributed by atoms with van der Waals surface area (Å²) in [7, 11) is 1.46. The summed E-state index contributed by atoms with van der Waals surface area (Å²) in [5.74, 6) is 5.99. The molecule has 4 amide bonds. The van der Waals surface area contributed by atoms with Crippen molar-refractivity contribution in [1.82, 2.24) is 30.1 Å². The molecule has 3 saturated heterocycles. The molecule has 5 aromatic rings. The summed E-state index contributed by atoms with van der Waals surface area (Å²) in [6.07, 6.45) is 11.3. The number of nitrogens with one attached hydrogen (secondary N) is 2. The summed E-state index contributed by atoms with van der Waals surface area (Å²) < 4.78 is 34.5. The third-order valence-corrected chi connectivity index (χ3v) is 14.2. The van der Waals surface area contributed by atoms with Crippen molar-refractivity contribution in [3.63, 3.8) is 0 Å². The minimum absolute atomic E-state index is 0.0383. The summed E-state index contributed by atoms with van der Waals surface area (Å²) >= 11 is 0. The number of aromatic nitrogens is 3. The third-order valence-electron chi connectivity index (χ3n) is 14.2. The number of hydrogen-bond donors (Lipinski definition) is 3. The fraction of sp³-hybridized carbons (Fsp3) is 0.490. The maximum absolute atomic E-state index is 14.5. The molecular formula is C51H58FN7O7. The zero-order valence-electron chi connectivity index (χ0n) is 37.7. The number of ether oxygens (including phenoxy) is 3. The number of benzene rings is 2. The molecular weight excluding hydrogens is 842 g/mol. The Bertz CT molecular complexity index is 2710. The number of amides is 4. The topological polar surface area (TPSA) is 180 Å². The number of carbonyl (C=O) groups is 4. The Kier molecular flexibility index (Phi) is 13.5. The highest BCUT2D eigenvalue weighted by atomic mass is 19.1. The highest BCUT2D eigenvalue weighted by molar-refractivity contribution is 6.10. The maximum Gasteiger partial charge on any atom is 0.255 e. The molecule has 4 fully saturated rings. The molecule has 3 aromatic heterocycles. The second-order valence-corrected chi connectivity index (χ2v) is 18.3. The number of halogens is 1. The van der Waals surface area contributed by atoms with Crippen molar-refractivity contribution in [3.8, 4) is 23.5 Å². The summed E-state index contributed by atoms with van der Waals surface area (Å²) in [6, 6.07) is 12.6. The first kappa shape index (κ1) is 45.1. The number of carbonyl (C=O) groups excluding carboxylic acids is 4. The highest BCUT2D eigenvalue weighted by Crippen LogP contribution is 2.37. The zero-order valence-corrected chi connectivity index (χ0v) is 37.7. The van der Waals surface area contributed by atoms with E-state index in [1.807, 2.05) is 29.7 Å². The van der Waals surface area contributed by atoms with Gasteiger partial charge in [-0.25, -0.2) is 14.4 Å². The predicted octanol–water partition coefficient (Wildman–Crippen LogP) is 6.34. The predicted molar refractivity (Wildman–Crippen MR) is 248 cm³/mol. The lowest BCUT2D eigenvalue weighted by molar-refractivity contribution is -0.135. The Hall–Kier alpha value is -6.11. The molecule has 4 N–H and O–H groups in total. The molecule has 0 spiro atoms. The monoisotopic (exact) mass is 899 g/mol. The second-order valence-electron chi connectivity index (χ2n) is 18.3. The van der Waals surface area contributed by atoms with Crippen LogP contribution in [0.25, 0.3) is 32.7 Å². The van der Waals surface area contributed by atoms with E-state index in [1.165, 1.54) is 12.7 Å². The Morgan fingerprint density at radius 2 is 1.79 bits per heavy atom. The van der Waals surface area contributed by atoms with Crippen LogP contribution in [0.2, 0.25) is 0 Å². The number of aryl methyl sites for hydroxylation is 1. The highest BCUT2D eigenvalue weighted by Gasteiger charge is 2.42. The van der Waals surface area contributed by atoms with Crippen molar-refractivity contribution in [2.24, 2.45) is 23.5 Å². The fourth-order valence-electron chi connectivity index (χ4n) is 10.7. The Morgan fingerprint density at radius 1 is 0.970 bits per heavy atom. The van der Waals surface area contributed by atoms with Gasteiger partial charge in [-0.15, -0.1) is 0 Å². The smallest absolute Gasteiger partial charge is 0.255 e. The molecule has 3 aliphatic heterocycles. The molecule has 4 aliphatic rings. The van der Waals surface area contributed by atoms with Crippen LogP contribution in [0.1, 0.15) is 98.7 Å². The largest absolute Gasteiger partial charge is 0.496 e. The van der Waals surface area contributed by atoms with Gasteiger partial charge in [0.1, 0.15) is 24.0 Å². The van der Waals surface area contributed by atoms with Crippen molar-refractivity contribution < 1.29 is 37.8 Å². The quantitative estimate of drug-likeness (QED) is 0.0648. The molecule has 4 atom stereocenters. The van der Waals surface area contributed by atoms with Crippen LogP contribution in [0.15, 0.2) is 54.9 Å². The summed E-state index contributed by atoms with van der Waals surface area (Å²) in [5.41, 5.74) is 9.53. The molecule has 346 valence electrons. The number of fused-ring (bicyclic) bond motifs is 4. The SMILES string of the molecule is CC[C@H]1C(COc2ncc(C#C[C@H]3CC[C@H](CN4CCC(OCCCc5cccc6c5c5cccnc5n6C5CCC(=O)NC5=O)CC4)CC3)c3cc(C(N)=O)c(OC)cc23)NC(=O)[C@H]1F. The molecule has 66 heavy (non-hydrogen) atoms. The normalized spacial score (nSPS) is 24.0. The van der Waals surface area contributed by atoms with Gasteiger partial charge in [0.25, 0.3) is 11.8 Å². The number of nitrogens with zero attached hydrogens (tertiary/aromatic N) is 4. The van der Waals surface area contributed by atoms with Gasteiger partial charge < -0.3 is 34.7 Å². The van der Waals surface area contributed by atoms with Crippen molar-refractivity contribution in [2.45, 2.75) is 102 Å². The average molecular weight is 900 g/mol. The number of hydrogen-bond acceptors (Lipinski definition) is 10. The molecule has 2 unspecified atom stereocenters. The molecule has 0 bridgehead atoms. The summed E-state index contributed by atoms with van der Waals surface area (Å²) in [6.45, 7) is 5.70. The Labute approximate surface area is 383 Å². The van der Waals surface area contributed by atoms with Crippen molar-refractivity contribution >= 4 is 56.3 Å². The minimum atomic E-state index is -1.58. The van der Waals surface area contributed by atoms with E-state index in [9.17, 15) is 23.6 Å². The van der Waals surface area contributed by atoms with Crippen molar-refractivity contribution in [2.75, 3.05) is 40.0 Å². The Balaban J connectivity index is 0.757.